The highest BCUT2D eigenvalue weighted by Crippen LogP contribution is 2.30. The number of benzene rings is 2. The maximum Gasteiger partial charge on any atom is 0.416 e. The molecule has 0 radical (unpaired) electrons. The van der Waals surface area contributed by atoms with Crippen molar-refractivity contribution in [3.05, 3.63) is 65.2 Å². The molecule has 0 unspecified atom stereocenters. The van der Waals surface area contributed by atoms with Crippen molar-refractivity contribution in [3.63, 3.8) is 0 Å². The number of halogens is 3. The molecular formula is C20H20F3N3O2. The smallest absolute Gasteiger partial charge is 0.318 e. The largest absolute Gasteiger partial charge is 0.416 e. The lowest BCUT2D eigenvalue weighted by Crippen LogP contribution is -2.32. The van der Waals surface area contributed by atoms with E-state index in [1.54, 1.807) is 0 Å². The summed E-state index contributed by atoms with van der Waals surface area (Å²) in [5, 5.41) is 5.79. The summed E-state index contributed by atoms with van der Waals surface area (Å²) >= 11 is 0. The molecule has 2 amide bonds. The Balaban J connectivity index is 1.94. The molecule has 2 rings (SSSR count). The minimum atomic E-state index is -4.55. The molecule has 0 fully saturated rings. The molecule has 0 aliphatic carbocycles. The van der Waals surface area contributed by atoms with E-state index in [0.717, 1.165) is 23.8 Å². The zero-order chi connectivity index (χ0) is 20.9. The summed E-state index contributed by atoms with van der Waals surface area (Å²) in [4.78, 5) is 23.5. The zero-order valence-corrected chi connectivity index (χ0v) is 15.6. The standard InChI is InChI=1S/C20H20F3N3O2/c1-19(2,3)14-9-7-13(8-10-14)12-24-26-18(28)17(27)25-16-6-4-5-15(11-16)20(21,22)23/h4-12H,1-3H3,(H,25,27)(H,26,28)/b24-12-. The van der Waals surface area contributed by atoms with Gasteiger partial charge in [0.15, 0.2) is 0 Å². The van der Waals surface area contributed by atoms with E-state index in [-0.39, 0.29) is 11.1 Å². The van der Waals surface area contributed by atoms with Gasteiger partial charge in [-0.2, -0.15) is 18.3 Å². The maximum atomic E-state index is 12.7. The van der Waals surface area contributed by atoms with Gasteiger partial charge in [-0.1, -0.05) is 51.1 Å². The molecular weight excluding hydrogens is 371 g/mol. The lowest BCUT2D eigenvalue weighted by Gasteiger charge is -2.18. The van der Waals surface area contributed by atoms with Gasteiger partial charge in [-0.25, -0.2) is 5.43 Å². The summed E-state index contributed by atoms with van der Waals surface area (Å²) in [5.74, 6) is -2.22. The Labute approximate surface area is 160 Å². The number of anilines is 1. The first-order chi connectivity index (χ1) is 13.0. The van der Waals surface area contributed by atoms with Crippen molar-refractivity contribution in [2.75, 3.05) is 5.32 Å². The number of carbonyl (C=O) groups is 2. The van der Waals surface area contributed by atoms with Crippen LogP contribution in [0.3, 0.4) is 0 Å². The van der Waals surface area contributed by atoms with Crippen LogP contribution in [0.5, 0.6) is 0 Å². The molecule has 148 valence electrons. The van der Waals surface area contributed by atoms with Gasteiger partial charge in [0, 0.05) is 5.69 Å². The zero-order valence-electron chi connectivity index (χ0n) is 15.6. The SMILES string of the molecule is CC(C)(C)c1ccc(/C=N\NC(=O)C(=O)Nc2cccc(C(F)(F)F)c2)cc1. The van der Waals surface area contributed by atoms with Crippen LogP contribution in [-0.2, 0) is 21.2 Å². The van der Waals surface area contributed by atoms with Crippen molar-refractivity contribution < 1.29 is 22.8 Å². The van der Waals surface area contributed by atoms with Crippen molar-refractivity contribution in [2.45, 2.75) is 32.4 Å². The van der Waals surface area contributed by atoms with Crippen LogP contribution in [0.15, 0.2) is 53.6 Å². The second-order valence-electron chi connectivity index (χ2n) is 7.10. The first-order valence-corrected chi connectivity index (χ1v) is 8.39. The van der Waals surface area contributed by atoms with Crippen LogP contribution in [0.2, 0.25) is 0 Å². The average molecular weight is 391 g/mol. The van der Waals surface area contributed by atoms with E-state index in [2.05, 4.69) is 31.2 Å². The monoisotopic (exact) mass is 391 g/mol. The third kappa shape index (κ3) is 5.94. The molecule has 0 aliphatic rings. The number of nitrogens with one attached hydrogen (secondary N) is 2. The summed E-state index contributed by atoms with van der Waals surface area (Å²) in [6.07, 6.45) is -3.18. The van der Waals surface area contributed by atoms with E-state index in [0.29, 0.717) is 5.56 Å². The summed E-state index contributed by atoms with van der Waals surface area (Å²) in [6, 6.07) is 11.5. The predicted octanol–water partition coefficient (Wildman–Crippen LogP) is 4.09. The summed E-state index contributed by atoms with van der Waals surface area (Å²) in [5.41, 5.74) is 2.82. The minimum absolute atomic E-state index is 0.00535. The Hall–Kier alpha value is -3.16. The molecule has 8 heteroatoms. The van der Waals surface area contributed by atoms with Gasteiger partial charge < -0.3 is 5.32 Å². The van der Waals surface area contributed by atoms with Crippen LogP contribution >= 0.6 is 0 Å². The molecule has 0 heterocycles. The highest BCUT2D eigenvalue weighted by atomic mass is 19.4. The van der Waals surface area contributed by atoms with Crippen molar-refractivity contribution in [3.8, 4) is 0 Å². The number of nitrogens with zero attached hydrogens (tertiary/aromatic N) is 1. The first kappa shape index (κ1) is 21.1. The van der Waals surface area contributed by atoms with Gasteiger partial charge in [-0.3, -0.25) is 9.59 Å². The lowest BCUT2D eigenvalue weighted by molar-refractivity contribution is -0.137. The number of rotatable bonds is 3. The molecule has 0 bridgehead atoms. The van der Waals surface area contributed by atoms with E-state index in [4.69, 9.17) is 0 Å². The molecule has 2 aromatic carbocycles. The highest BCUT2D eigenvalue weighted by molar-refractivity contribution is 6.39. The van der Waals surface area contributed by atoms with Gasteiger partial charge in [-0.15, -0.1) is 0 Å². The maximum absolute atomic E-state index is 12.7. The molecule has 2 aromatic rings. The van der Waals surface area contributed by atoms with Crippen molar-refractivity contribution >= 4 is 23.7 Å². The van der Waals surface area contributed by atoms with E-state index >= 15 is 0 Å². The Morgan fingerprint density at radius 3 is 2.14 bits per heavy atom. The minimum Gasteiger partial charge on any atom is -0.318 e. The molecule has 0 saturated carbocycles. The molecule has 5 nitrogen and oxygen atoms in total. The molecule has 0 atom stereocenters. The number of alkyl halides is 3. The van der Waals surface area contributed by atoms with Crippen LogP contribution in [0.25, 0.3) is 0 Å². The second-order valence-corrected chi connectivity index (χ2v) is 7.10. The van der Waals surface area contributed by atoms with Crippen LogP contribution in [0, 0.1) is 0 Å². The third-order valence-electron chi connectivity index (χ3n) is 3.81. The van der Waals surface area contributed by atoms with Gasteiger partial charge in [0.1, 0.15) is 0 Å². The van der Waals surface area contributed by atoms with E-state index in [1.807, 2.05) is 29.7 Å². The Bertz CT molecular complexity index is 883. The molecule has 0 spiro atoms. The Morgan fingerprint density at radius 2 is 1.57 bits per heavy atom. The lowest BCUT2D eigenvalue weighted by atomic mass is 9.87. The fraction of sp³-hybridized carbons (Fsp3) is 0.250. The van der Waals surface area contributed by atoms with Gasteiger partial charge in [0.25, 0.3) is 0 Å². The molecule has 2 N–H and O–H groups in total. The van der Waals surface area contributed by atoms with E-state index in [9.17, 15) is 22.8 Å². The van der Waals surface area contributed by atoms with Gasteiger partial charge >= 0.3 is 18.0 Å². The van der Waals surface area contributed by atoms with Crippen molar-refractivity contribution in [1.82, 2.24) is 5.43 Å². The number of hydrazone groups is 1. The van der Waals surface area contributed by atoms with Gasteiger partial charge in [0.05, 0.1) is 11.8 Å². The first-order valence-electron chi connectivity index (χ1n) is 8.39. The van der Waals surface area contributed by atoms with Gasteiger partial charge in [-0.05, 0) is 34.7 Å². The topological polar surface area (TPSA) is 70.6 Å². The number of hydrogen-bond acceptors (Lipinski definition) is 3. The van der Waals surface area contributed by atoms with Crippen LogP contribution in [0.4, 0.5) is 18.9 Å². The van der Waals surface area contributed by atoms with Crippen LogP contribution in [0.1, 0.15) is 37.5 Å². The molecule has 0 aromatic heterocycles. The van der Waals surface area contributed by atoms with Gasteiger partial charge in [0.2, 0.25) is 0 Å². The highest BCUT2D eigenvalue weighted by Gasteiger charge is 2.30. The predicted molar refractivity (Wildman–Crippen MR) is 101 cm³/mol. The normalized spacial score (nSPS) is 12.1. The fourth-order valence-electron chi connectivity index (χ4n) is 2.25. The van der Waals surface area contributed by atoms with E-state index < -0.39 is 23.6 Å². The van der Waals surface area contributed by atoms with Crippen molar-refractivity contribution in [1.29, 1.82) is 0 Å². The summed E-state index contributed by atoms with van der Waals surface area (Å²) < 4.78 is 38.0. The number of amides is 2. The molecule has 28 heavy (non-hydrogen) atoms. The second kappa shape index (κ2) is 8.24. The number of carbonyl (C=O) groups excluding carboxylic acids is 2. The fourth-order valence-corrected chi connectivity index (χ4v) is 2.25. The third-order valence-corrected chi connectivity index (χ3v) is 3.81. The number of hydrogen-bond donors (Lipinski definition) is 2. The quantitative estimate of drug-likeness (QED) is 0.470. The van der Waals surface area contributed by atoms with Crippen molar-refractivity contribution in [2.24, 2.45) is 5.10 Å². The average Bonchev–Trinajstić information content (AvgIpc) is 2.61. The summed E-state index contributed by atoms with van der Waals surface area (Å²) in [7, 11) is 0. The van der Waals surface area contributed by atoms with Crippen LogP contribution < -0.4 is 10.7 Å². The summed E-state index contributed by atoms with van der Waals surface area (Å²) in [6.45, 7) is 6.25. The molecule has 0 aliphatic heterocycles. The molecule has 0 saturated heterocycles. The Kier molecular flexibility index (Phi) is 6.23. The Morgan fingerprint density at radius 1 is 0.929 bits per heavy atom. The van der Waals surface area contributed by atoms with E-state index in [1.165, 1.54) is 12.3 Å². The van der Waals surface area contributed by atoms with Crippen LogP contribution in [-0.4, -0.2) is 18.0 Å².